The largest absolute Gasteiger partial charge is 0.466 e. The Hall–Kier alpha value is -2.56. The van der Waals surface area contributed by atoms with Crippen LogP contribution in [0.25, 0.3) is 11.0 Å². The highest BCUT2D eigenvalue weighted by atomic mass is 16.5. The lowest BCUT2D eigenvalue weighted by molar-refractivity contribution is 0.0596. The average molecular weight is 246 g/mol. The number of carbonyl (C=O) groups is 1. The van der Waals surface area contributed by atoms with Gasteiger partial charge in [-0.3, -0.25) is 0 Å². The van der Waals surface area contributed by atoms with Gasteiger partial charge in [-0.1, -0.05) is 6.58 Å². The predicted molar refractivity (Wildman–Crippen MR) is 64.6 cm³/mol. The van der Waals surface area contributed by atoms with Crippen molar-refractivity contribution in [3.63, 3.8) is 0 Å². The number of carbonyl (C=O) groups excluding carboxylic acids is 1. The molecule has 5 heteroatoms. The fraction of sp³-hybridized carbons (Fsp3) is 0.0769. The Morgan fingerprint density at radius 1 is 1.39 bits per heavy atom. The summed E-state index contributed by atoms with van der Waals surface area (Å²) in [5.41, 5.74) is -0.517. The first-order valence-electron chi connectivity index (χ1n) is 5.09. The van der Waals surface area contributed by atoms with E-state index in [0.717, 1.165) is 0 Å². The Labute approximate surface area is 102 Å². The van der Waals surface area contributed by atoms with Gasteiger partial charge >= 0.3 is 11.6 Å². The van der Waals surface area contributed by atoms with Gasteiger partial charge in [0.25, 0.3) is 0 Å². The Bertz CT molecular complexity index is 669. The van der Waals surface area contributed by atoms with Gasteiger partial charge in [-0.2, -0.15) is 0 Å². The second-order valence-corrected chi connectivity index (χ2v) is 3.42. The molecule has 0 radical (unpaired) electrons. The summed E-state index contributed by atoms with van der Waals surface area (Å²) >= 11 is 0. The van der Waals surface area contributed by atoms with Crippen molar-refractivity contribution < 1.29 is 18.7 Å². The molecule has 18 heavy (non-hydrogen) atoms. The molecule has 0 aliphatic rings. The molecule has 0 unspecified atom stereocenters. The van der Waals surface area contributed by atoms with Crippen LogP contribution in [0, 0.1) is 0 Å². The fourth-order valence-electron chi connectivity index (χ4n) is 1.52. The summed E-state index contributed by atoms with van der Waals surface area (Å²) in [5, 5.41) is 0.564. The van der Waals surface area contributed by atoms with E-state index in [2.05, 4.69) is 11.3 Å². The van der Waals surface area contributed by atoms with E-state index in [1.165, 1.54) is 19.4 Å². The summed E-state index contributed by atoms with van der Waals surface area (Å²) in [7, 11) is 1.20. The average Bonchev–Trinajstić information content (AvgIpc) is 2.38. The highest BCUT2D eigenvalue weighted by Gasteiger charge is 2.14. The highest BCUT2D eigenvalue weighted by molar-refractivity contribution is 5.93. The zero-order valence-electron chi connectivity index (χ0n) is 9.64. The van der Waals surface area contributed by atoms with Gasteiger partial charge in [-0.25, -0.2) is 9.59 Å². The maximum absolute atomic E-state index is 11.5. The zero-order chi connectivity index (χ0) is 13.1. The van der Waals surface area contributed by atoms with Gasteiger partial charge < -0.3 is 13.9 Å². The van der Waals surface area contributed by atoms with Gasteiger partial charge in [0.1, 0.15) is 16.9 Å². The molecule has 0 spiro atoms. The van der Waals surface area contributed by atoms with Crippen LogP contribution in [-0.2, 0) is 4.74 Å². The molecule has 0 saturated heterocycles. The number of fused-ring (bicyclic) bond motifs is 1. The van der Waals surface area contributed by atoms with E-state index < -0.39 is 11.6 Å². The first-order chi connectivity index (χ1) is 8.65. The number of esters is 1. The second kappa shape index (κ2) is 4.75. The molecule has 0 aliphatic heterocycles. The molecule has 0 fully saturated rings. The molecular weight excluding hydrogens is 236 g/mol. The Morgan fingerprint density at radius 3 is 2.83 bits per heavy atom. The van der Waals surface area contributed by atoms with Gasteiger partial charge in [0, 0.05) is 5.39 Å². The van der Waals surface area contributed by atoms with Crippen LogP contribution in [-0.4, -0.2) is 13.1 Å². The van der Waals surface area contributed by atoms with Crippen LogP contribution in [0.5, 0.6) is 5.75 Å². The Morgan fingerprint density at radius 2 is 2.17 bits per heavy atom. The number of ether oxygens (including phenoxy) is 2. The number of rotatable bonds is 3. The summed E-state index contributed by atoms with van der Waals surface area (Å²) in [5.74, 6) is -0.206. The van der Waals surface area contributed by atoms with Crippen molar-refractivity contribution in [2.24, 2.45) is 0 Å². The molecule has 1 heterocycles. The molecule has 0 atom stereocenters. The van der Waals surface area contributed by atoms with E-state index >= 15 is 0 Å². The number of benzene rings is 1. The van der Waals surface area contributed by atoms with Crippen molar-refractivity contribution in [1.29, 1.82) is 0 Å². The molecule has 5 nitrogen and oxygen atoms in total. The molecule has 2 rings (SSSR count). The van der Waals surface area contributed by atoms with Gasteiger partial charge in [-0.05, 0) is 24.3 Å². The number of hydrogen-bond acceptors (Lipinski definition) is 5. The summed E-state index contributed by atoms with van der Waals surface area (Å²) in [6, 6.07) is 6.25. The Kier molecular flexibility index (Phi) is 3.14. The normalized spacial score (nSPS) is 10.1. The highest BCUT2D eigenvalue weighted by Crippen LogP contribution is 2.20. The van der Waals surface area contributed by atoms with E-state index in [0.29, 0.717) is 16.7 Å². The minimum absolute atomic E-state index is 0.152. The molecule has 92 valence electrons. The number of methoxy groups -OCH3 is 1. The van der Waals surface area contributed by atoms with E-state index in [9.17, 15) is 9.59 Å². The molecule has 0 bridgehead atoms. The molecular formula is C13H10O5. The maximum atomic E-state index is 11.5. The first-order valence-corrected chi connectivity index (χ1v) is 5.09. The minimum Gasteiger partial charge on any atom is -0.466 e. The lowest BCUT2D eigenvalue weighted by Gasteiger charge is -2.03. The molecule has 2 aromatic rings. The molecule has 0 amide bonds. The van der Waals surface area contributed by atoms with Crippen LogP contribution in [0.3, 0.4) is 0 Å². The minimum atomic E-state index is -0.735. The predicted octanol–water partition coefficient (Wildman–Crippen LogP) is 2.10. The van der Waals surface area contributed by atoms with Crippen molar-refractivity contribution in [3.05, 3.63) is 53.1 Å². The smallest absolute Gasteiger partial charge is 0.351 e. The van der Waals surface area contributed by atoms with Crippen LogP contribution in [0.2, 0.25) is 0 Å². The van der Waals surface area contributed by atoms with Crippen molar-refractivity contribution in [2.45, 2.75) is 0 Å². The van der Waals surface area contributed by atoms with Gasteiger partial charge in [0.15, 0.2) is 0 Å². The quantitative estimate of drug-likeness (QED) is 0.471. The summed E-state index contributed by atoms with van der Waals surface area (Å²) in [6.07, 6.45) is 1.28. The van der Waals surface area contributed by atoms with Crippen LogP contribution in [0.4, 0.5) is 0 Å². The van der Waals surface area contributed by atoms with E-state index in [4.69, 9.17) is 9.15 Å². The van der Waals surface area contributed by atoms with E-state index in [-0.39, 0.29) is 5.56 Å². The Balaban J connectivity index is 2.63. The SMILES string of the molecule is C=COc1ccc2oc(=O)c(C(=O)OC)cc2c1. The topological polar surface area (TPSA) is 65.7 Å². The summed E-state index contributed by atoms with van der Waals surface area (Å²) in [4.78, 5) is 22.9. The second-order valence-electron chi connectivity index (χ2n) is 3.42. The zero-order valence-corrected chi connectivity index (χ0v) is 9.64. The van der Waals surface area contributed by atoms with Crippen LogP contribution >= 0.6 is 0 Å². The first kappa shape index (κ1) is 11.9. The third kappa shape index (κ3) is 2.10. The van der Waals surface area contributed by atoms with E-state index in [1.807, 2.05) is 0 Å². The van der Waals surface area contributed by atoms with E-state index in [1.54, 1.807) is 18.2 Å². The van der Waals surface area contributed by atoms with Crippen molar-refractivity contribution >= 4 is 16.9 Å². The monoisotopic (exact) mass is 246 g/mol. The maximum Gasteiger partial charge on any atom is 0.351 e. The van der Waals surface area contributed by atoms with Crippen molar-refractivity contribution in [2.75, 3.05) is 7.11 Å². The van der Waals surface area contributed by atoms with Crippen molar-refractivity contribution in [3.8, 4) is 5.75 Å². The van der Waals surface area contributed by atoms with Gasteiger partial charge in [0.2, 0.25) is 0 Å². The summed E-state index contributed by atoms with van der Waals surface area (Å²) < 4.78 is 14.6. The molecule has 0 N–H and O–H groups in total. The third-order valence-electron chi connectivity index (χ3n) is 2.33. The van der Waals surface area contributed by atoms with Crippen LogP contribution in [0.1, 0.15) is 10.4 Å². The standard InChI is InChI=1S/C13H10O5/c1-3-17-9-4-5-11-8(6-9)7-10(12(14)16-2)13(15)18-11/h3-7H,1H2,2H3. The lowest BCUT2D eigenvalue weighted by atomic mass is 10.2. The van der Waals surface area contributed by atoms with Crippen LogP contribution in [0.15, 0.2) is 46.3 Å². The third-order valence-corrected chi connectivity index (χ3v) is 2.33. The van der Waals surface area contributed by atoms with Crippen LogP contribution < -0.4 is 10.4 Å². The molecule has 0 aliphatic carbocycles. The fourth-order valence-corrected chi connectivity index (χ4v) is 1.52. The molecule has 1 aromatic heterocycles. The van der Waals surface area contributed by atoms with Gasteiger partial charge in [0.05, 0.1) is 13.4 Å². The summed E-state index contributed by atoms with van der Waals surface area (Å²) in [6.45, 7) is 3.44. The molecule has 0 saturated carbocycles. The van der Waals surface area contributed by atoms with Gasteiger partial charge in [-0.15, -0.1) is 0 Å². The number of hydrogen-bond donors (Lipinski definition) is 0. The van der Waals surface area contributed by atoms with Crippen molar-refractivity contribution in [1.82, 2.24) is 0 Å². The molecule has 1 aromatic carbocycles. The lowest BCUT2D eigenvalue weighted by Crippen LogP contribution is -2.14.